The molecule has 0 heterocycles. The van der Waals surface area contributed by atoms with Crippen LogP contribution in [-0.2, 0) is 26.2 Å². The number of benzene rings is 2. The van der Waals surface area contributed by atoms with Gasteiger partial charge < -0.3 is 10.1 Å². The Morgan fingerprint density at radius 2 is 1.79 bits per heavy atom. The molecule has 2 aromatic rings. The van der Waals surface area contributed by atoms with E-state index in [1.165, 1.54) is 0 Å². The van der Waals surface area contributed by atoms with Crippen molar-refractivity contribution < 1.29 is 17.9 Å². The van der Waals surface area contributed by atoms with Gasteiger partial charge in [-0.1, -0.05) is 36.4 Å². The van der Waals surface area contributed by atoms with Gasteiger partial charge in [0.2, 0.25) is 15.9 Å². The highest BCUT2D eigenvalue weighted by Crippen LogP contribution is 2.23. The van der Waals surface area contributed by atoms with E-state index in [4.69, 9.17) is 4.74 Å². The van der Waals surface area contributed by atoms with E-state index in [1.54, 1.807) is 19.1 Å². The molecule has 0 spiro atoms. The number of hydrogen-bond acceptors (Lipinski definition) is 4. The number of rotatable bonds is 9. The smallest absolute Gasteiger partial charge is 0.243 e. The lowest BCUT2D eigenvalue weighted by atomic mass is 10.1. The van der Waals surface area contributed by atoms with Gasteiger partial charge in [0, 0.05) is 6.54 Å². The average Bonchev–Trinajstić information content (AvgIpc) is 2.64. The Hall–Kier alpha value is -2.38. The summed E-state index contributed by atoms with van der Waals surface area (Å²) in [5, 5.41) is 2.75. The molecule has 1 atom stereocenters. The van der Waals surface area contributed by atoms with E-state index in [1.807, 2.05) is 50.2 Å². The van der Waals surface area contributed by atoms with Gasteiger partial charge >= 0.3 is 0 Å². The number of aryl methyl sites for hydroxylation is 2. The maximum absolute atomic E-state index is 12.5. The first-order chi connectivity index (χ1) is 13.2. The zero-order chi connectivity index (χ0) is 20.7. The van der Waals surface area contributed by atoms with E-state index < -0.39 is 16.1 Å². The van der Waals surface area contributed by atoms with Gasteiger partial charge in [0.05, 0.1) is 25.2 Å². The summed E-state index contributed by atoms with van der Waals surface area (Å²) in [5.74, 6) is -0.369. The van der Waals surface area contributed by atoms with Crippen LogP contribution < -0.4 is 9.62 Å². The van der Waals surface area contributed by atoms with Crippen molar-refractivity contribution in [3.63, 3.8) is 0 Å². The van der Waals surface area contributed by atoms with E-state index in [0.29, 0.717) is 25.4 Å². The first-order valence-electron chi connectivity index (χ1n) is 9.16. The van der Waals surface area contributed by atoms with E-state index in [2.05, 4.69) is 5.32 Å². The molecule has 0 saturated heterocycles. The highest BCUT2D eigenvalue weighted by molar-refractivity contribution is 7.92. The lowest BCUT2D eigenvalue weighted by molar-refractivity contribution is -0.122. The second-order valence-electron chi connectivity index (χ2n) is 6.83. The minimum absolute atomic E-state index is 0.306. The third-order valence-corrected chi connectivity index (χ3v) is 5.73. The standard InChI is InChI=1S/C21H28N2O4S/c1-16-10-11-20(14-17(16)2)23(28(4,25)26)18(3)21(24)22-12-13-27-15-19-8-6-5-7-9-19/h5-11,14,18H,12-13,15H2,1-4H3,(H,22,24)/t18-/m0/s1. The molecule has 152 valence electrons. The SMILES string of the molecule is Cc1ccc(N([C@@H](C)C(=O)NCCOCc2ccccc2)S(C)(=O)=O)cc1C. The zero-order valence-corrected chi connectivity index (χ0v) is 17.6. The Labute approximate surface area is 167 Å². The molecule has 0 fully saturated rings. The summed E-state index contributed by atoms with van der Waals surface area (Å²) >= 11 is 0. The van der Waals surface area contributed by atoms with Crippen LogP contribution in [0.25, 0.3) is 0 Å². The molecule has 0 unspecified atom stereocenters. The minimum atomic E-state index is -3.62. The van der Waals surface area contributed by atoms with Gasteiger partial charge in [-0.15, -0.1) is 0 Å². The maximum atomic E-state index is 12.5. The molecule has 1 N–H and O–H groups in total. The van der Waals surface area contributed by atoms with Crippen molar-refractivity contribution in [1.29, 1.82) is 0 Å². The number of carbonyl (C=O) groups is 1. The highest BCUT2D eigenvalue weighted by atomic mass is 32.2. The van der Waals surface area contributed by atoms with E-state index in [9.17, 15) is 13.2 Å². The fourth-order valence-corrected chi connectivity index (χ4v) is 4.00. The number of hydrogen-bond donors (Lipinski definition) is 1. The molecule has 0 aliphatic heterocycles. The zero-order valence-electron chi connectivity index (χ0n) is 16.8. The molecule has 1 amide bonds. The predicted octanol–water partition coefficient (Wildman–Crippen LogP) is 2.79. The molecule has 0 bridgehead atoms. The molecule has 0 aliphatic rings. The number of nitrogens with one attached hydrogen (secondary N) is 1. The number of ether oxygens (including phenoxy) is 1. The van der Waals surface area contributed by atoms with Crippen molar-refractivity contribution in [3.05, 3.63) is 65.2 Å². The lowest BCUT2D eigenvalue weighted by Gasteiger charge is -2.28. The summed E-state index contributed by atoms with van der Waals surface area (Å²) in [5.41, 5.74) is 3.56. The lowest BCUT2D eigenvalue weighted by Crippen LogP contribution is -2.48. The van der Waals surface area contributed by atoms with Crippen LogP contribution in [0.2, 0.25) is 0 Å². The van der Waals surface area contributed by atoms with E-state index in [-0.39, 0.29) is 5.91 Å². The van der Waals surface area contributed by atoms with Gasteiger partial charge in [-0.25, -0.2) is 8.42 Å². The normalized spacial score (nSPS) is 12.4. The van der Waals surface area contributed by atoms with Crippen LogP contribution in [0.3, 0.4) is 0 Å². The van der Waals surface area contributed by atoms with Gasteiger partial charge in [-0.05, 0) is 49.6 Å². The summed E-state index contributed by atoms with van der Waals surface area (Å²) in [6.07, 6.45) is 1.11. The Morgan fingerprint density at radius 3 is 2.39 bits per heavy atom. The largest absolute Gasteiger partial charge is 0.375 e. The van der Waals surface area contributed by atoms with Crippen LogP contribution in [-0.4, -0.2) is 39.8 Å². The van der Waals surface area contributed by atoms with Gasteiger partial charge in [0.15, 0.2) is 0 Å². The molecule has 0 aromatic heterocycles. The summed E-state index contributed by atoms with van der Waals surface area (Å²) in [6, 6.07) is 14.2. The summed E-state index contributed by atoms with van der Waals surface area (Å²) in [7, 11) is -3.62. The fraction of sp³-hybridized carbons (Fsp3) is 0.381. The topological polar surface area (TPSA) is 75.7 Å². The maximum Gasteiger partial charge on any atom is 0.243 e. The fourth-order valence-electron chi connectivity index (χ4n) is 2.83. The van der Waals surface area contributed by atoms with Crippen molar-refractivity contribution in [2.24, 2.45) is 0 Å². The molecule has 0 aliphatic carbocycles. The summed E-state index contributed by atoms with van der Waals surface area (Å²) < 4.78 is 31.4. The highest BCUT2D eigenvalue weighted by Gasteiger charge is 2.29. The Kier molecular flexibility index (Phi) is 7.60. The Morgan fingerprint density at radius 1 is 1.11 bits per heavy atom. The molecule has 6 nitrogen and oxygen atoms in total. The number of nitrogens with zero attached hydrogens (tertiary/aromatic N) is 1. The number of sulfonamides is 1. The van der Waals surface area contributed by atoms with E-state index >= 15 is 0 Å². The second-order valence-corrected chi connectivity index (χ2v) is 8.69. The van der Waals surface area contributed by atoms with Gasteiger partial charge in [0.25, 0.3) is 0 Å². The average molecular weight is 405 g/mol. The van der Waals surface area contributed by atoms with E-state index in [0.717, 1.165) is 27.3 Å². The molecular formula is C21H28N2O4S. The first-order valence-corrected chi connectivity index (χ1v) is 11.0. The van der Waals surface area contributed by atoms with Crippen LogP contribution >= 0.6 is 0 Å². The van der Waals surface area contributed by atoms with Crippen LogP contribution in [0.5, 0.6) is 0 Å². The molecule has 2 aromatic carbocycles. The molecule has 0 radical (unpaired) electrons. The quantitative estimate of drug-likeness (QED) is 0.652. The Balaban J connectivity index is 1.95. The van der Waals surface area contributed by atoms with Crippen molar-refractivity contribution in [3.8, 4) is 0 Å². The van der Waals surface area contributed by atoms with Crippen LogP contribution in [0.4, 0.5) is 5.69 Å². The van der Waals surface area contributed by atoms with Crippen molar-refractivity contribution >= 4 is 21.6 Å². The number of amides is 1. The van der Waals surface area contributed by atoms with Gasteiger partial charge in [0.1, 0.15) is 6.04 Å². The first kappa shape index (κ1) is 21.9. The monoisotopic (exact) mass is 404 g/mol. The second kappa shape index (κ2) is 9.71. The molecule has 0 saturated carbocycles. The molecule has 2 rings (SSSR count). The van der Waals surface area contributed by atoms with Crippen molar-refractivity contribution in [2.45, 2.75) is 33.4 Å². The Bertz CT molecular complexity index is 898. The molecule has 28 heavy (non-hydrogen) atoms. The number of carbonyl (C=O) groups excluding carboxylic acids is 1. The van der Waals surface area contributed by atoms with Crippen LogP contribution in [0, 0.1) is 13.8 Å². The van der Waals surface area contributed by atoms with Gasteiger partial charge in [-0.2, -0.15) is 0 Å². The third kappa shape index (κ3) is 6.07. The molecular weight excluding hydrogens is 376 g/mol. The third-order valence-electron chi connectivity index (χ3n) is 4.49. The van der Waals surface area contributed by atoms with Crippen molar-refractivity contribution in [1.82, 2.24) is 5.32 Å². The van der Waals surface area contributed by atoms with Crippen molar-refractivity contribution in [2.75, 3.05) is 23.7 Å². The minimum Gasteiger partial charge on any atom is -0.375 e. The van der Waals surface area contributed by atoms with Crippen LogP contribution in [0.1, 0.15) is 23.6 Å². The van der Waals surface area contributed by atoms with Crippen LogP contribution in [0.15, 0.2) is 48.5 Å². The summed E-state index contributed by atoms with van der Waals surface area (Å²) in [6.45, 7) is 6.56. The predicted molar refractivity (Wildman–Crippen MR) is 112 cm³/mol. The number of anilines is 1. The van der Waals surface area contributed by atoms with Gasteiger partial charge in [-0.3, -0.25) is 9.10 Å². The summed E-state index contributed by atoms with van der Waals surface area (Å²) in [4.78, 5) is 12.5. The molecule has 7 heteroatoms.